The van der Waals surface area contributed by atoms with Crippen LogP contribution in [-0.4, -0.2) is 11.6 Å². The lowest BCUT2D eigenvalue weighted by Gasteiger charge is -2.29. The van der Waals surface area contributed by atoms with Gasteiger partial charge in [0.2, 0.25) is 0 Å². The van der Waals surface area contributed by atoms with Crippen LogP contribution < -0.4 is 5.32 Å². The summed E-state index contributed by atoms with van der Waals surface area (Å²) in [6.07, 6.45) is 2.52. The molecule has 0 aliphatic heterocycles. The van der Waals surface area contributed by atoms with Crippen molar-refractivity contribution >= 4 is 0 Å². The van der Waals surface area contributed by atoms with Crippen LogP contribution in [0.25, 0.3) is 0 Å². The minimum atomic E-state index is 0.259. The van der Waals surface area contributed by atoms with Crippen LogP contribution in [0.15, 0.2) is 0 Å². The van der Waals surface area contributed by atoms with Crippen LogP contribution in [0.5, 0.6) is 0 Å². The first-order valence-electron chi connectivity index (χ1n) is 5.13. The molecular formula is C11H25N. The quantitative estimate of drug-likeness (QED) is 0.685. The van der Waals surface area contributed by atoms with Crippen LogP contribution in [0.4, 0.5) is 0 Å². The summed E-state index contributed by atoms with van der Waals surface area (Å²) in [6.45, 7) is 13.5. The van der Waals surface area contributed by atoms with Gasteiger partial charge in [0.15, 0.2) is 0 Å². The normalized spacial score (nSPS) is 15.2. The van der Waals surface area contributed by atoms with Crippen LogP contribution in [0.2, 0.25) is 0 Å². The third-order valence-corrected chi connectivity index (χ3v) is 1.89. The maximum absolute atomic E-state index is 3.64. The maximum Gasteiger partial charge on any atom is 0.00990 e. The van der Waals surface area contributed by atoms with Crippen molar-refractivity contribution in [3.63, 3.8) is 0 Å². The van der Waals surface area contributed by atoms with Crippen LogP contribution in [0.3, 0.4) is 0 Å². The van der Waals surface area contributed by atoms with Gasteiger partial charge in [-0.25, -0.2) is 0 Å². The standard InChI is InChI=1S/C11H25N/c1-7-10(8-9(2)3)12-11(4,5)6/h9-10,12H,7-8H2,1-6H3/t10-/m1/s1. The zero-order valence-electron chi connectivity index (χ0n) is 9.57. The predicted octanol–water partition coefficient (Wildman–Crippen LogP) is 3.20. The van der Waals surface area contributed by atoms with E-state index in [1.807, 2.05) is 0 Å². The third kappa shape index (κ3) is 6.66. The lowest BCUT2D eigenvalue weighted by molar-refractivity contribution is 0.315. The van der Waals surface area contributed by atoms with E-state index in [0.717, 1.165) is 5.92 Å². The van der Waals surface area contributed by atoms with Crippen LogP contribution in [0.1, 0.15) is 54.4 Å². The van der Waals surface area contributed by atoms with Crippen LogP contribution >= 0.6 is 0 Å². The molecule has 0 amide bonds. The summed E-state index contributed by atoms with van der Waals surface area (Å²) >= 11 is 0. The average Bonchev–Trinajstić information content (AvgIpc) is 1.82. The van der Waals surface area contributed by atoms with Crippen molar-refractivity contribution in [1.29, 1.82) is 0 Å². The molecule has 0 aliphatic rings. The molecule has 0 aromatic carbocycles. The highest BCUT2D eigenvalue weighted by Crippen LogP contribution is 2.11. The van der Waals surface area contributed by atoms with Crippen molar-refractivity contribution in [2.75, 3.05) is 0 Å². The molecule has 0 aromatic rings. The Morgan fingerprint density at radius 2 is 1.67 bits per heavy atom. The molecule has 1 atom stereocenters. The first kappa shape index (κ1) is 12.0. The second-order valence-electron chi connectivity index (χ2n) is 5.13. The SMILES string of the molecule is CC[C@H](CC(C)C)NC(C)(C)C. The molecule has 74 valence electrons. The molecule has 0 aromatic heterocycles. The number of rotatable bonds is 4. The largest absolute Gasteiger partial charge is 0.309 e. The zero-order valence-corrected chi connectivity index (χ0v) is 9.57. The van der Waals surface area contributed by atoms with Gasteiger partial charge in [0.1, 0.15) is 0 Å². The Morgan fingerprint density at radius 3 is 1.92 bits per heavy atom. The van der Waals surface area contributed by atoms with Gasteiger partial charge in [0, 0.05) is 11.6 Å². The van der Waals surface area contributed by atoms with E-state index in [-0.39, 0.29) is 5.54 Å². The van der Waals surface area contributed by atoms with Crippen molar-refractivity contribution in [1.82, 2.24) is 5.32 Å². The molecule has 0 rings (SSSR count). The molecule has 0 fully saturated rings. The molecule has 0 saturated heterocycles. The van der Waals surface area contributed by atoms with Gasteiger partial charge in [-0.1, -0.05) is 20.8 Å². The number of hydrogen-bond donors (Lipinski definition) is 1. The summed E-state index contributed by atoms with van der Waals surface area (Å²) in [6, 6.07) is 0.685. The van der Waals surface area contributed by atoms with Gasteiger partial charge in [0.05, 0.1) is 0 Å². The molecule has 0 aliphatic carbocycles. The summed E-state index contributed by atoms with van der Waals surface area (Å²) in [4.78, 5) is 0. The molecule has 0 bridgehead atoms. The van der Waals surface area contributed by atoms with Gasteiger partial charge in [-0.15, -0.1) is 0 Å². The van der Waals surface area contributed by atoms with E-state index in [1.54, 1.807) is 0 Å². The molecule has 12 heavy (non-hydrogen) atoms. The lowest BCUT2D eigenvalue weighted by Crippen LogP contribution is -2.43. The first-order chi connectivity index (χ1) is 5.35. The smallest absolute Gasteiger partial charge is 0.00990 e. The topological polar surface area (TPSA) is 12.0 Å². The van der Waals surface area contributed by atoms with Crippen LogP contribution in [0, 0.1) is 5.92 Å². The van der Waals surface area contributed by atoms with E-state index in [2.05, 4.69) is 46.9 Å². The minimum Gasteiger partial charge on any atom is -0.309 e. The lowest BCUT2D eigenvalue weighted by atomic mass is 9.98. The van der Waals surface area contributed by atoms with E-state index in [1.165, 1.54) is 12.8 Å². The maximum atomic E-state index is 3.64. The fourth-order valence-corrected chi connectivity index (χ4v) is 1.51. The second-order valence-corrected chi connectivity index (χ2v) is 5.13. The Hall–Kier alpha value is -0.0400. The summed E-state index contributed by atoms with van der Waals surface area (Å²) in [5, 5.41) is 3.64. The Morgan fingerprint density at radius 1 is 1.17 bits per heavy atom. The van der Waals surface area contributed by atoms with Crippen molar-refractivity contribution in [3.8, 4) is 0 Å². The van der Waals surface area contributed by atoms with Gasteiger partial charge in [-0.05, 0) is 39.5 Å². The van der Waals surface area contributed by atoms with Crippen molar-refractivity contribution in [2.24, 2.45) is 5.92 Å². The highest BCUT2D eigenvalue weighted by molar-refractivity contribution is 4.77. The van der Waals surface area contributed by atoms with E-state index in [0.29, 0.717) is 6.04 Å². The molecule has 0 unspecified atom stereocenters. The first-order valence-corrected chi connectivity index (χ1v) is 5.13. The minimum absolute atomic E-state index is 0.259. The Bertz CT molecular complexity index is 111. The monoisotopic (exact) mass is 171 g/mol. The number of nitrogens with one attached hydrogen (secondary N) is 1. The highest BCUT2D eigenvalue weighted by atomic mass is 15.0. The highest BCUT2D eigenvalue weighted by Gasteiger charge is 2.16. The fourth-order valence-electron chi connectivity index (χ4n) is 1.51. The molecule has 1 heteroatoms. The summed E-state index contributed by atoms with van der Waals surface area (Å²) < 4.78 is 0. The summed E-state index contributed by atoms with van der Waals surface area (Å²) in [5.41, 5.74) is 0.259. The van der Waals surface area contributed by atoms with Crippen molar-refractivity contribution in [2.45, 2.75) is 66.0 Å². The van der Waals surface area contributed by atoms with Gasteiger partial charge >= 0.3 is 0 Å². The molecular weight excluding hydrogens is 146 g/mol. The van der Waals surface area contributed by atoms with Crippen LogP contribution in [-0.2, 0) is 0 Å². The molecule has 0 saturated carbocycles. The van der Waals surface area contributed by atoms with Crippen molar-refractivity contribution < 1.29 is 0 Å². The Labute approximate surface area is 77.9 Å². The van der Waals surface area contributed by atoms with Gasteiger partial charge < -0.3 is 5.32 Å². The van der Waals surface area contributed by atoms with E-state index in [4.69, 9.17) is 0 Å². The Kier molecular flexibility index (Phi) is 4.84. The molecule has 1 nitrogen and oxygen atoms in total. The fraction of sp³-hybridized carbons (Fsp3) is 1.00. The molecule has 0 radical (unpaired) electrons. The average molecular weight is 171 g/mol. The van der Waals surface area contributed by atoms with E-state index >= 15 is 0 Å². The van der Waals surface area contributed by atoms with E-state index < -0.39 is 0 Å². The number of hydrogen-bond acceptors (Lipinski definition) is 1. The summed E-state index contributed by atoms with van der Waals surface area (Å²) in [5.74, 6) is 0.796. The Balaban J connectivity index is 3.83. The summed E-state index contributed by atoms with van der Waals surface area (Å²) in [7, 11) is 0. The third-order valence-electron chi connectivity index (χ3n) is 1.89. The predicted molar refractivity (Wildman–Crippen MR) is 56.4 cm³/mol. The van der Waals surface area contributed by atoms with Crippen molar-refractivity contribution in [3.05, 3.63) is 0 Å². The van der Waals surface area contributed by atoms with Gasteiger partial charge in [-0.3, -0.25) is 0 Å². The molecule has 1 N–H and O–H groups in total. The van der Waals surface area contributed by atoms with E-state index in [9.17, 15) is 0 Å². The van der Waals surface area contributed by atoms with Gasteiger partial charge in [0.25, 0.3) is 0 Å². The second kappa shape index (κ2) is 4.86. The molecule has 0 spiro atoms. The molecule has 0 heterocycles. The zero-order chi connectivity index (χ0) is 9.78. The van der Waals surface area contributed by atoms with Gasteiger partial charge in [-0.2, -0.15) is 0 Å².